The number of nitriles is 1. The standard InChI is InChI=1S/C14H21N3O2S2/c1-4-13(10-15)16-5-7-17(8-6-16)21(18,19)14-9-11(2)20-12(14)3/h9,13H,4-8H2,1-3H3/t13-/m0/s1. The van der Waals surface area contributed by atoms with Crippen molar-refractivity contribution in [2.45, 2.75) is 38.1 Å². The van der Waals surface area contributed by atoms with Crippen molar-refractivity contribution in [3.05, 3.63) is 15.8 Å². The lowest BCUT2D eigenvalue weighted by molar-refractivity contribution is 0.159. The highest BCUT2D eigenvalue weighted by Gasteiger charge is 2.32. The van der Waals surface area contributed by atoms with Crippen LogP contribution < -0.4 is 0 Å². The van der Waals surface area contributed by atoms with Gasteiger partial charge in [-0.1, -0.05) is 6.92 Å². The number of thiophene rings is 1. The Kier molecular flexibility index (Phi) is 5.04. The second-order valence-corrected chi connectivity index (χ2v) is 8.64. The van der Waals surface area contributed by atoms with Crippen molar-refractivity contribution in [1.29, 1.82) is 5.26 Å². The maximum Gasteiger partial charge on any atom is 0.244 e. The Morgan fingerprint density at radius 2 is 1.95 bits per heavy atom. The summed E-state index contributed by atoms with van der Waals surface area (Å²) in [5.41, 5.74) is 0. The third-order valence-electron chi connectivity index (χ3n) is 3.86. The summed E-state index contributed by atoms with van der Waals surface area (Å²) in [5, 5.41) is 9.10. The summed E-state index contributed by atoms with van der Waals surface area (Å²) in [6, 6.07) is 3.92. The van der Waals surface area contributed by atoms with Crippen molar-refractivity contribution in [2.75, 3.05) is 26.2 Å². The van der Waals surface area contributed by atoms with Gasteiger partial charge >= 0.3 is 0 Å². The monoisotopic (exact) mass is 327 g/mol. The maximum atomic E-state index is 12.7. The zero-order valence-corrected chi connectivity index (χ0v) is 14.3. The van der Waals surface area contributed by atoms with E-state index in [-0.39, 0.29) is 6.04 Å². The van der Waals surface area contributed by atoms with Gasteiger partial charge in [-0.25, -0.2) is 8.42 Å². The second kappa shape index (κ2) is 6.44. The van der Waals surface area contributed by atoms with Crippen LogP contribution in [0.1, 0.15) is 23.1 Å². The fourth-order valence-electron chi connectivity index (χ4n) is 2.69. The minimum atomic E-state index is -3.40. The molecule has 1 fully saturated rings. The Morgan fingerprint density at radius 1 is 1.33 bits per heavy atom. The average Bonchev–Trinajstić information content (AvgIpc) is 2.80. The lowest BCUT2D eigenvalue weighted by atomic mass is 10.2. The summed E-state index contributed by atoms with van der Waals surface area (Å²) in [6.07, 6.45) is 0.770. The lowest BCUT2D eigenvalue weighted by Gasteiger charge is -2.35. The minimum absolute atomic E-state index is 0.111. The van der Waals surface area contributed by atoms with E-state index in [1.165, 1.54) is 11.3 Å². The minimum Gasteiger partial charge on any atom is -0.285 e. The van der Waals surface area contributed by atoms with Crippen molar-refractivity contribution in [1.82, 2.24) is 9.21 Å². The fourth-order valence-corrected chi connectivity index (χ4v) is 5.64. The molecule has 0 aromatic carbocycles. The Morgan fingerprint density at radius 3 is 2.38 bits per heavy atom. The van der Waals surface area contributed by atoms with Gasteiger partial charge in [0, 0.05) is 35.9 Å². The summed E-state index contributed by atoms with van der Waals surface area (Å²) >= 11 is 1.51. The van der Waals surface area contributed by atoms with Gasteiger partial charge in [0.15, 0.2) is 0 Å². The molecule has 2 heterocycles. The molecule has 5 nitrogen and oxygen atoms in total. The maximum absolute atomic E-state index is 12.7. The summed E-state index contributed by atoms with van der Waals surface area (Å²) in [4.78, 5) is 4.36. The van der Waals surface area contributed by atoms with E-state index in [9.17, 15) is 8.42 Å². The van der Waals surface area contributed by atoms with Gasteiger partial charge in [-0.3, -0.25) is 4.90 Å². The van der Waals surface area contributed by atoms with Gasteiger partial charge in [-0.15, -0.1) is 11.3 Å². The Hall–Kier alpha value is -0.940. The molecule has 1 aromatic heterocycles. The van der Waals surface area contributed by atoms with Crippen LogP contribution in [0.4, 0.5) is 0 Å². The highest BCUT2D eigenvalue weighted by Crippen LogP contribution is 2.28. The van der Waals surface area contributed by atoms with Gasteiger partial charge in [0.25, 0.3) is 0 Å². The molecule has 7 heteroatoms. The van der Waals surface area contributed by atoms with E-state index in [2.05, 4.69) is 11.0 Å². The van der Waals surface area contributed by atoms with Gasteiger partial charge in [-0.05, 0) is 26.3 Å². The lowest BCUT2D eigenvalue weighted by Crippen LogP contribution is -2.51. The molecular formula is C14H21N3O2S2. The first-order valence-electron chi connectivity index (χ1n) is 7.11. The number of piperazine rings is 1. The molecule has 0 saturated carbocycles. The number of sulfonamides is 1. The normalized spacial score (nSPS) is 19.3. The quantitative estimate of drug-likeness (QED) is 0.848. The van der Waals surface area contributed by atoms with Gasteiger partial charge in [-0.2, -0.15) is 9.57 Å². The molecule has 1 saturated heterocycles. The molecule has 0 amide bonds. The molecule has 0 bridgehead atoms. The van der Waals surface area contributed by atoms with Gasteiger partial charge in [0.05, 0.1) is 17.0 Å². The smallest absolute Gasteiger partial charge is 0.244 e. The van der Waals surface area contributed by atoms with Crippen LogP contribution in [0.2, 0.25) is 0 Å². The highest BCUT2D eigenvalue weighted by atomic mass is 32.2. The number of aryl methyl sites for hydroxylation is 2. The average molecular weight is 327 g/mol. The molecule has 2 rings (SSSR count). The second-order valence-electron chi connectivity index (χ2n) is 5.27. The van der Waals surface area contributed by atoms with Gasteiger partial charge < -0.3 is 0 Å². The van der Waals surface area contributed by atoms with Crippen LogP contribution in [-0.2, 0) is 10.0 Å². The summed E-state index contributed by atoms with van der Waals surface area (Å²) in [5.74, 6) is 0. The van der Waals surface area contributed by atoms with Crippen LogP contribution in [0.15, 0.2) is 11.0 Å². The van der Waals surface area contributed by atoms with Gasteiger partial charge in [0.1, 0.15) is 0 Å². The molecule has 1 aromatic rings. The van der Waals surface area contributed by atoms with E-state index in [4.69, 9.17) is 5.26 Å². The van der Waals surface area contributed by atoms with E-state index < -0.39 is 10.0 Å². The molecule has 0 unspecified atom stereocenters. The van der Waals surface area contributed by atoms with E-state index >= 15 is 0 Å². The molecule has 1 atom stereocenters. The predicted molar refractivity (Wildman–Crippen MR) is 83.8 cm³/mol. The largest absolute Gasteiger partial charge is 0.285 e. The third kappa shape index (κ3) is 3.29. The first-order valence-corrected chi connectivity index (χ1v) is 9.36. The number of rotatable bonds is 4. The molecule has 1 aliphatic heterocycles. The van der Waals surface area contributed by atoms with Crippen LogP contribution in [0.3, 0.4) is 0 Å². The predicted octanol–water partition coefficient (Wildman–Crippen LogP) is 1.97. The first-order chi connectivity index (χ1) is 9.90. The topological polar surface area (TPSA) is 64.4 Å². The van der Waals surface area contributed by atoms with E-state index in [1.807, 2.05) is 20.8 Å². The molecular weight excluding hydrogens is 306 g/mol. The molecule has 0 radical (unpaired) electrons. The molecule has 116 valence electrons. The summed E-state index contributed by atoms with van der Waals surface area (Å²) in [7, 11) is -3.40. The van der Waals surface area contributed by atoms with Crippen LogP contribution in [-0.4, -0.2) is 49.8 Å². The summed E-state index contributed by atoms with van der Waals surface area (Å²) < 4.78 is 26.9. The zero-order chi connectivity index (χ0) is 15.6. The number of hydrogen-bond donors (Lipinski definition) is 0. The van der Waals surface area contributed by atoms with Crippen LogP contribution in [0.25, 0.3) is 0 Å². The van der Waals surface area contributed by atoms with Crippen molar-refractivity contribution < 1.29 is 8.42 Å². The molecule has 1 aliphatic rings. The zero-order valence-electron chi connectivity index (χ0n) is 12.7. The Labute approximate surface area is 130 Å². The van der Waals surface area contributed by atoms with Crippen molar-refractivity contribution >= 4 is 21.4 Å². The van der Waals surface area contributed by atoms with E-state index in [1.54, 1.807) is 10.4 Å². The van der Waals surface area contributed by atoms with Crippen molar-refractivity contribution in [3.63, 3.8) is 0 Å². The molecule has 0 aliphatic carbocycles. The number of nitrogens with zero attached hydrogens (tertiary/aromatic N) is 3. The van der Waals surface area contributed by atoms with Gasteiger partial charge in [0.2, 0.25) is 10.0 Å². The van der Waals surface area contributed by atoms with Crippen molar-refractivity contribution in [2.24, 2.45) is 0 Å². The Balaban J connectivity index is 2.12. The third-order valence-corrected chi connectivity index (χ3v) is 6.98. The van der Waals surface area contributed by atoms with E-state index in [0.29, 0.717) is 31.1 Å². The molecule has 0 N–H and O–H groups in total. The molecule has 21 heavy (non-hydrogen) atoms. The van der Waals surface area contributed by atoms with Crippen LogP contribution >= 0.6 is 11.3 Å². The van der Waals surface area contributed by atoms with Crippen molar-refractivity contribution in [3.8, 4) is 6.07 Å². The van der Waals surface area contributed by atoms with Crippen LogP contribution in [0.5, 0.6) is 0 Å². The van der Waals surface area contributed by atoms with E-state index in [0.717, 1.165) is 16.2 Å². The Bertz CT molecular complexity index is 638. The first kappa shape index (κ1) is 16.4. The fraction of sp³-hybridized carbons (Fsp3) is 0.643. The molecule has 0 spiro atoms. The number of hydrogen-bond acceptors (Lipinski definition) is 5. The van der Waals surface area contributed by atoms with Crippen LogP contribution in [0, 0.1) is 25.2 Å². The highest BCUT2D eigenvalue weighted by molar-refractivity contribution is 7.89. The summed E-state index contributed by atoms with van der Waals surface area (Å²) in [6.45, 7) is 7.90. The SMILES string of the molecule is CC[C@@H](C#N)N1CCN(S(=O)(=O)c2cc(C)sc2C)CC1.